The summed E-state index contributed by atoms with van der Waals surface area (Å²) in [5.41, 5.74) is 3.36. The Morgan fingerprint density at radius 2 is 2.05 bits per heavy atom. The van der Waals surface area contributed by atoms with Crippen molar-refractivity contribution in [2.75, 3.05) is 0 Å². The third-order valence-electron chi connectivity index (χ3n) is 2.81. The molecule has 1 heterocycles. The summed E-state index contributed by atoms with van der Waals surface area (Å²) >= 11 is 3.41. The zero-order valence-corrected chi connectivity index (χ0v) is 12.5. The molecule has 0 bridgehead atoms. The molecule has 1 N–H and O–H groups in total. The summed E-state index contributed by atoms with van der Waals surface area (Å²) < 4.78 is 1.01. The van der Waals surface area contributed by atoms with Gasteiger partial charge >= 0.3 is 0 Å². The Morgan fingerprint density at radius 3 is 2.74 bits per heavy atom. The molecule has 0 radical (unpaired) electrons. The van der Waals surface area contributed by atoms with E-state index in [0.29, 0.717) is 12.1 Å². The molecule has 0 spiro atoms. The van der Waals surface area contributed by atoms with Crippen LogP contribution in [0.4, 0.5) is 0 Å². The second-order valence-corrected chi connectivity index (χ2v) is 5.31. The largest absolute Gasteiger partial charge is 0.348 e. The molecule has 4 heteroatoms. The Hall–Kier alpha value is -1.68. The van der Waals surface area contributed by atoms with Crippen LogP contribution in [0.5, 0.6) is 0 Å². The van der Waals surface area contributed by atoms with Gasteiger partial charge in [-0.1, -0.05) is 28.1 Å². The van der Waals surface area contributed by atoms with Crippen LogP contribution in [0.15, 0.2) is 40.9 Å². The minimum absolute atomic E-state index is 0.0926. The van der Waals surface area contributed by atoms with Crippen LogP contribution in [0.1, 0.15) is 27.3 Å². The number of benzene rings is 1. The fourth-order valence-electron chi connectivity index (χ4n) is 1.85. The van der Waals surface area contributed by atoms with E-state index in [-0.39, 0.29) is 5.91 Å². The van der Waals surface area contributed by atoms with Crippen molar-refractivity contribution in [3.63, 3.8) is 0 Å². The van der Waals surface area contributed by atoms with Crippen molar-refractivity contribution in [3.8, 4) is 0 Å². The number of nitrogens with one attached hydrogen (secondary N) is 1. The molecule has 0 saturated carbocycles. The van der Waals surface area contributed by atoms with Crippen LogP contribution >= 0.6 is 15.9 Å². The highest BCUT2D eigenvalue weighted by Crippen LogP contribution is 2.12. The maximum atomic E-state index is 12.1. The molecule has 19 heavy (non-hydrogen) atoms. The van der Waals surface area contributed by atoms with Crippen molar-refractivity contribution in [3.05, 3.63) is 63.4 Å². The summed E-state index contributed by atoms with van der Waals surface area (Å²) in [5, 5.41) is 2.90. The lowest BCUT2D eigenvalue weighted by molar-refractivity contribution is 0.0950. The highest BCUT2D eigenvalue weighted by Gasteiger charge is 2.09. The second kappa shape index (κ2) is 5.97. The first-order valence-corrected chi connectivity index (χ1v) is 6.82. The lowest BCUT2D eigenvalue weighted by Gasteiger charge is -2.08. The van der Waals surface area contributed by atoms with Gasteiger partial charge in [0.15, 0.2) is 0 Å². The highest BCUT2D eigenvalue weighted by atomic mass is 79.9. The van der Waals surface area contributed by atoms with Crippen molar-refractivity contribution in [2.45, 2.75) is 20.4 Å². The molecule has 0 unspecified atom stereocenters. The van der Waals surface area contributed by atoms with Gasteiger partial charge in [-0.3, -0.25) is 9.78 Å². The third kappa shape index (κ3) is 3.64. The maximum absolute atomic E-state index is 12.1. The molecule has 1 amide bonds. The number of hydrogen-bond donors (Lipinski definition) is 1. The SMILES string of the molecule is Cc1ccc(C(=O)NCc2cccc(Br)c2)c(C)n1. The second-order valence-electron chi connectivity index (χ2n) is 4.40. The summed E-state index contributed by atoms with van der Waals surface area (Å²) in [6.45, 7) is 4.27. The molecule has 2 aromatic rings. The molecule has 2 rings (SSSR count). The monoisotopic (exact) mass is 318 g/mol. The Morgan fingerprint density at radius 1 is 1.26 bits per heavy atom. The van der Waals surface area contributed by atoms with E-state index < -0.39 is 0 Å². The number of aryl methyl sites for hydroxylation is 2. The number of carbonyl (C=O) groups excluding carboxylic acids is 1. The Balaban J connectivity index is 2.05. The van der Waals surface area contributed by atoms with E-state index in [1.807, 2.05) is 50.2 Å². The number of pyridine rings is 1. The normalized spacial score (nSPS) is 10.3. The van der Waals surface area contributed by atoms with Gasteiger partial charge < -0.3 is 5.32 Å². The number of rotatable bonds is 3. The Kier molecular flexibility index (Phi) is 4.32. The molecular formula is C15H15BrN2O. The van der Waals surface area contributed by atoms with Crippen molar-refractivity contribution < 1.29 is 4.79 Å². The zero-order valence-electron chi connectivity index (χ0n) is 10.9. The van der Waals surface area contributed by atoms with Crippen LogP contribution < -0.4 is 5.32 Å². The summed E-state index contributed by atoms with van der Waals surface area (Å²) in [6, 6.07) is 11.5. The third-order valence-corrected chi connectivity index (χ3v) is 3.31. The number of amides is 1. The van der Waals surface area contributed by atoms with E-state index in [9.17, 15) is 4.79 Å². The van der Waals surface area contributed by atoms with Crippen molar-refractivity contribution in [1.29, 1.82) is 0 Å². The molecule has 0 saturated heterocycles. The number of aromatic nitrogens is 1. The Labute approximate surface area is 121 Å². The van der Waals surface area contributed by atoms with Crippen LogP contribution in [0.3, 0.4) is 0 Å². The lowest BCUT2D eigenvalue weighted by atomic mass is 10.1. The summed E-state index contributed by atoms with van der Waals surface area (Å²) in [7, 11) is 0. The van der Waals surface area contributed by atoms with Crippen LogP contribution in [0, 0.1) is 13.8 Å². The minimum Gasteiger partial charge on any atom is -0.348 e. The van der Waals surface area contributed by atoms with Gasteiger partial charge in [0.1, 0.15) is 0 Å². The number of nitrogens with zero attached hydrogens (tertiary/aromatic N) is 1. The van der Waals surface area contributed by atoms with E-state index in [1.54, 1.807) is 0 Å². The van der Waals surface area contributed by atoms with Gasteiger partial charge in [-0.05, 0) is 43.7 Å². The predicted molar refractivity (Wildman–Crippen MR) is 79.0 cm³/mol. The van der Waals surface area contributed by atoms with Gasteiger partial charge in [0.2, 0.25) is 0 Å². The van der Waals surface area contributed by atoms with E-state index in [1.165, 1.54) is 0 Å². The first-order valence-electron chi connectivity index (χ1n) is 6.03. The summed E-state index contributed by atoms with van der Waals surface area (Å²) in [5.74, 6) is -0.0926. The van der Waals surface area contributed by atoms with Gasteiger partial charge in [-0.15, -0.1) is 0 Å². The molecular weight excluding hydrogens is 304 g/mol. The average molecular weight is 319 g/mol. The van der Waals surface area contributed by atoms with E-state index >= 15 is 0 Å². The molecule has 0 aliphatic carbocycles. The van der Waals surface area contributed by atoms with Gasteiger partial charge in [-0.2, -0.15) is 0 Å². The molecule has 1 aromatic carbocycles. The first kappa shape index (κ1) is 13.7. The maximum Gasteiger partial charge on any atom is 0.253 e. The molecule has 0 fully saturated rings. The molecule has 0 aliphatic heterocycles. The minimum atomic E-state index is -0.0926. The van der Waals surface area contributed by atoms with Crippen molar-refractivity contribution in [2.24, 2.45) is 0 Å². The quantitative estimate of drug-likeness (QED) is 0.942. The fraction of sp³-hybridized carbons (Fsp3) is 0.200. The van der Waals surface area contributed by atoms with Gasteiger partial charge in [0.05, 0.1) is 11.3 Å². The molecule has 1 aromatic heterocycles. The van der Waals surface area contributed by atoms with Gasteiger partial charge in [0.25, 0.3) is 5.91 Å². The number of hydrogen-bond acceptors (Lipinski definition) is 2. The van der Waals surface area contributed by atoms with E-state index in [0.717, 1.165) is 21.4 Å². The van der Waals surface area contributed by atoms with Crippen LogP contribution in [0.25, 0.3) is 0 Å². The van der Waals surface area contributed by atoms with Crippen LogP contribution in [-0.4, -0.2) is 10.9 Å². The number of carbonyl (C=O) groups is 1. The predicted octanol–water partition coefficient (Wildman–Crippen LogP) is 3.39. The van der Waals surface area contributed by atoms with Crippen LogP contribution in [0.2, 0.25) is 0 Å². The van der Waals surface area contributed by atoms with E-state index in [2.05, 4.69) is 26.2 Å². The van der Waals surface area contributed by atoms with Gasteiger partial charge in [-0.25, -0.2) is 0 Å². The molecule has 0 aliphatic rings. The molecule has 0 atom stereocenters. The van der Waals surface area contributed by atoms with Crippen molar-refractivity contribution in [1.82, 2.24) is 10.3 Å². The van der Waals surface area contributed by atoms with Crippen LogP contribution in [-0.2, 0) is 6.54 Å². The lowest BCUT2D eigenvalue weighted by Crippen LogP contribution is -2.24. The molecule has 98 valence electrons. The fourth-order valence-corrected chi connectivity index (χ4v) is 2.30. The summed E-state index contributed by atoms with van der Waals surface area (Å²) in [4.78, 5) is 16.4. The topological polar surface area (TPSA) is 42.0 Å². The average Bonchev–Trinajstić information content (AvgIpc) is 2.36. The smallest absolute Gasteiger partial charge is 0.253 e. The van der Waals surface area contributed by atoms with Gasteiger partial charge in [0, 0.05) is 16.7 Å². The summed E-state index contributed by atoms with van der Waals surface area (Å²) in [6.07, 6.45) is 0. The van der Waals surface area contributed by atoms with Crippen molar-refractivity contribution >= 4 is 21.8 Å². The van der Waals surface area contributed by atoms with E-state index in [4.69, 9.17) is 0 Å². The first-order chi connectivity index (χ1) is 9.06. The highest BCUT2D eigenvalue weighted by molar-refractivity contribution is 9.10. The zero-order chi connectivity index (χ0) is 13.8. The standard InChI is InChI=1S/C15H15BrN2O/c1-10-6-7-14(11(2)18-10)15(19)17-9-12-4-3-5-13(16)8-12/h3-8H,9H2,1-2H3,(H,17,19). The number of halogens is 1. The molecule has 3 nitrogen and oxygen atoms in total. The Bertz CT molecular complexity index is 611.